The number of para-hydroxylation sites is 2. The molecule has 0 spiro atoms. The molecule has 1 aromatic heterocycles. The Kier molecular flexibility index (Phi) is 4.21. The molecule has 0 saturated carbocycles. The maximum absolute atomic E-state index is 13.2. The smallest absolute Gasteiger partial charge is 0.197 e. The number of nitrogens with zero attached hydrogens (tertiary/aromatic N) is 1. The van der Waals surface area contributed by atoms with E-state index in [4.69, 9.17) is 4.42 Å². The van der Waals surface area contributed by atoms with Crippen molar-refractivity contribution in [3.63, 3.8) is 0 Å². The van der Waals surface area contributed by atoms with Crippen LogP contribution in [0.2, 0.25) is 0 Å². The summed E-state index contributed by atoms with van der Waals surface area (Å²) in [4.78, 5) is 4.49. The fourth-order valence-corrected chi connectivity index (χ4v) is 3.19. The summed E-state index contributed by atoms with van der Waals surface area (Å²) in [6.07, 6.45) is 0.618. The Morgan fingerprint density at radius 2 is 2.10 bits per heavy atom. The van der Waals surface area contributed by atoms with Gasteiger partial charge in [-0.15, -0.1) is 0 Å². The summed E-state index contributed by atoms with van der Waals surface area (Å²) in [7, 11) is 1.88. The van der Waals surface area contributed by atoms with Crippen LogP contribution in [0.15, 0.2) is 46.9 Å². The van der Waals surface area contributed by atoms with E-state index >= 15 is 0 Å². The predicted octanol–water partition coefficient (Wildman–Crippen LogP) is 4.07. The summed E-state index contributed by atoms with van der Waals surface area (Å²) in [6.45, 7) is 0. The van der Waals surface area contributed by atoms with E-state index < -0.39 is 0 Å². The van der Waals surface area contributed by atoms with Crippen molar-refractivity contribution in [2.45, 2.75) is 12.5 Å². The number of fused-ring (bicyclic) bond motifs is 1. The minimum atomic E-state index is -0.222. The van der Waals surface area contributed by atoms with Crippen LogP contribution in [0.25, 0.3) is 11.1 Å². The van der Waals surface area contributed by atoms with Crippen LogP contribution in [0.4, 0.5) is 4.39 Å². The zero-order chi connectivity index (χ0) is 14.8. The number of oxazole rings is 1. The zero-order valence-corrected chi connectivity index (χ0v) is 13.6. The van der Waals surface area contributed by atoms with Gasteiger partial charge in [-0.1, -0.05) is 18.2 Å². The molecule has 1 atom stereocenters. The van der Waals surface area contributed by atoms with Crippen molar-refractivity contribution in [2.24, 2.45) is 0 Å². The fourth-order valence-electron chi connectivity index (χ4n) is 2.33. The first-order chi connectivity index (χ1) is 10.2. The lowest BCUT2D eigenvalue weighted by Gasteiger charge is -2.16. The molecule has 0 amide bonds. The molecule has 108 valence electrons. The van der Waals surface area contributed by atoms with Gasteiger partial charge in [-0.25, -0.2) is 9.37 Å². The second-order valence-corrected chi connectivity index (χ2v) is 5.95. The lowest BCUT2D eigenvalue weighted by molar-refractivity contribution is 0.472. The quantitative estimate of drug-likeness (QED) is 0.676. The third kappa shape index (κ3) is 3.08. The van der Waals surface area contributed by atoms with Crippen LogP contribution in [-0.2, 0) is 6.42 Å². The Morgan fingerprint density at radius 3 is 2.81 bits per heavy atom. The molecule has 0 aliphatic carbocycles. The molecule has 0 fully saturated rings. The van der Waals surface area contributed by atoms with Gasteiger partial charge in [0.1, 0.15) is 11.3 Å². The van der Waals surface area contributed by atoms with Gasteiger partial charge in [-0.3, -0.25) is 0 Å². The van der Waals surface area contributed by atoms with Crippen LogP contribution in [0.3, 0.4) is 0 Å². The average molecular weight is 396 g/mol. The number of hydrogen-bond donors (Lipinski definition) is 1. The molecule has 0 aliphatic heterocycles. The van der Waals surface area contributed by atoms with Crippen LogP contribution in [0.1, 0.15) is 17.5 Å². The molecule has 3 nitrogen and oxygen atoms in total. The number of hydrogen-bond acceptors (Lipinski definition) is 3. The highest BCUT2D eigenvalue weighted by Crippen LogP contribution is 2.25. The van der Waals surface area contributed by atoms with E-state index in [0.717, 1.165) is 20.2 Å². The highest BCUT2D eigenvalue weighted by atomic mass is 127. The third-order valence-corrected chi connectivity index (χ3v) is 4.34. The highest BCUT2D eigenvalue weighted by molar-refractivity contribution is 14.1. The molecule has 3 rings (SSSR count). The van der Waals surface area contributed by atoms with Crippen LogP contribution in [-0.4, -0.2) is 12.0 Å². The molecule has 2 aromatic carbocycles. The number of halogens is 2. The third-order valence-electron chi connectivity index (χ3n) is 3.40. The molecular formula is C16H14FIN2O. The lowest BCUT2D eigenvalue weighted by Crippen LogP contribution is -2.20. The van der Waals surface area contributed by atoms with Crippen LogP contribution in [0, 0.1) is 9.39 Å². The normalized spacial score (nSPS) is 12.7. The van der Waals surface area contributed by atoms with E-state index in [-0.39, 0.29) is 11.9 Å². The van der Waals surface area contributed by atoms with E-state index in [2.05, 4.69) is 32.9 Å². The Hall–Kier alpha value is -1.47. The Bertz CT molecular complexity index is 739. The van der Waals surface area contributed by atoms with Gasteiger partial charge in [-0.05, 0) is 59.5 Å². The first-order valence-corrected chi connectivity index (χ1v) is 7.72. The SMILES string of the molecule is CNC(Cc1nc2ccccc2o1)c1ccc(F)cc1I. The summed E-state index contributed by atoms with van der Waals surface area (Å²) < 4.78 is 19.9. The van der Waals surface area contributed by atoms with Gasteiger partial charge >= 0.3 is 0 Å². The second kappa shape index (κ2) is 6.11. The van der Waals surface area contributed by atoms with Gasteiger partial charge in [0.05, 0.1) is 0 Å². The molecule has 1 heterocycles. The standard InChI is InChI=1S/C16H14FIN2O/c1-19-14(11-7-6-10(17)8-12(11)18)9-16-20-13-4-2-3-5-15(13)21-16/h2-8,14,19H,9H2,1H3. The Labute approximate surface area is 135 Å². The molecule has 3 aromatic rings. The van der Waals surface area contributed by atoms with E-state index in [1.54, 1.807) is 6.07 Å². The fraction of sp³-hybridized carbons (Fsp3) is 0.188. The van der Waals surface area contributed by atoms with Crippen LogP contribution < -0.4 is 5.32 Å². The number of benzene rings is 2. The molecule has 1 N–H and O–H groups in total. The van der Waals surface area contributed by atoms with E-state index in [0.29, 0.717) is 12.3 Å². The van der Waals surface area contributed by atoms with Gasteiger partial charge in [0.25, 0.3) is 0 Å². The lowest BCUT2D eigenvalue weighted by atomic mass is 10.0. The van der Waals surface area contributed by atoms with E-state index in [1.807, 2.05) is 31.3 Å². The van der Waals surface area contributed by atoms with Crippen molar-refractivity contribution in [1.82, 2.24) is 10.3 Å². The molecule has 0 saturated heterocycles. The van der Waals surface area contributed by atoms with Crippen molar-refractivity contribution in [1.29, 1.82) is 0 Å². The van der Waals surface area contributed by atoms with E-state index in [1.165, 1.54) is 12.1 Å². The summed E-state index contributed by atoms with van der Waals surface area (Å²) >= 11 is 2.15. The highest BCUT2D eigenvalue weighted by Gasteiger charge is 2.17. The molecule has 0 aliphatic rings. The topological polar surface area (TPSA) is 38.1 Å². The van der Waals surface area contributed by atoms with Crippen molar-refractivity contribution >= 4 is 33.7 Å². The Morgan fingerprint density at radius 1 is 1.29 bits per heavy atom. The number of nitrogens with one attached hydrogen (secondary N) is 1. The molecule has 1 unspecified atom stereocenters. The zero-order valence-electron chi connectivity index (χ0n) is 11.4. The molecule has 0 bridgehead atoms. The minimum Gasteiger partial charge on any atom is -0.441 e. The van der Waals surface area contributed by atoms with Crippen molar-refractivity contribution in [2.75, 3.05) is 7.05 Å². The van der Waals surface area contributed by atoms with Gasteiger partial charge in [0, 0.05) is 16.0 Å². The molecule has 21 heavy (non-hydrogen) atoms. The largest absolute Gasteiger partial charge is 0.441 e. The predicted molar refractivity (Wildman–Crippen MR) is 88.6 cm³/mol. The van der Waals surface area contributed by atoms with Crippen LogP contribution >= 0.6 is 22.6 Å². The number of likely N-dealkylation sites (N-methyl/N-ethyl adjacent to an activating group) is 1. The maximum atomic E-state index is 13.2. The van der Waals surface area contributed by atoms with Gasteiger partial charge in [0.15, 0.2) is 11.5 Å². The maximum Gasteiger partial charge on any atom is 0.197 e. The average Bonchev–Trinajstić information content (AvgIpc) is 2.87. The summed E-state index contributed by atoms with van der Waals surface area (Å²) in [5, 5.41) is 3.24. The van der Waals surface area contributed by atoms with Gasteiger partial charge in [-0.2, -0.15) is 0 Å². The molecule has 5 heteroatoms. The van der Waals surface area contributed by atoms with Crippen molar-refractivity contribution in [3.8, 4) is 0 Å². The van der Waals surface area contributed by atoms with Crippen molar-refractivity contribution in [3.05, 3.63) is 63.3 Å². The summed E-state index contributed by atoms with van der Waals surface area (Å²) in [5.74, 6) is 0.454. The van der Waals surface area contributed by atoms with Crippen molar-refractivity contribution < 1.29 is 8.81 Å². The summed E-state index contributed by atoms with van der Waals surface area (Å²) in [6, 6.07) is 12.6. The van der Waals surface area contributed by atoms with Crippen LogP contribution in [0.5, 0.6) is 0 Å². The monoisotopic (exact) mass is 396 g/mol. The Balaban J connectivity index is 1.90. The molecule has 0 radical (unpaired) electrons. The van der Waals surface area contributed by atoms with Gasteiger partial charge < -0.3 is 9.73 Å². The van der Waals surface area contributed by atoms with Gasteiger partial charge in [0.2, 0.25) is 0 Å². The number of aromatic nitrogens is 1. The number of rotatable bonds is 4. The van der Waals surface area contributed by atoms with E-state index in [9.17, 15) is 4.39 Å². The molecular weight excluding hydrogens is 382 g/mol. The summed E-state index contributed by atoms with van der Waals surface area (Å²) in [5.41, 5.74) is 2.69. The minimum absolute atomic E-state index is 0.0329. The first-order valence-electron chi connectivity index (χ1n) is 6.64. The first kappa shape index (κ1) is 14.5. The second-order valence-electron chi connectivity index (χ2n) is 4.79.